The van der Waals surface area contributed by atoms with E-state index in [0.29, 0.717) is 11.1 Å². The molecule has 0 aliphatic heterocycles. The Hall–Kier alpha value is -1.75. The summed E-state index contributed by atoms with van der Waals surface area (Å²) in [6, 6.07) is 10.4. The zero-order chi connectivity index (χ0) is 14.9. The van der Waals surface area contributed by atoms with Gasteiger partial charge in [0.25, 0.3) is 0 Å². The van der Waals surface area contributed by atoms with E-state index < -0.39 is 10.0 Å². The van der Waals surface area contributed by atoms with E-state index in [0.717, 1.165) is 37.5 Å². The molecule has 2 aromatic carbocycles. The van der Waals surface area contributed by atoms with Crippen LogP contribution in [-0.2, 0) is 10.0 Å². The lowest BCUT2D eigenvalue weighted by atomic mass is 10.0. The first-order valence-corrected chi connectivity index (χ1v) is 8.85. The standard InChI is InChI=1S/C16H19NO3S/c18-16-11-5-8-13-14(16)9-4-10-15(13)17-21(19,20)12-6-2-1-3-7-12/h4-5,8-12,17-18H,1-3,6-7H2. The monoisotopic (exact) mass is 305 g/mol. The normalized spacial score (nSPS) is 17.0. The molecule has 0 saturated heterocycles. The summed E-state index contributed by atoms with van der Waals surface area (Å²) in [6.07, 6.45) is 4.52. The Morgan fingerprint density at radius 1 is 0.952 bits per heavy atom. The van der Waals surface area contributed by atoms with Crippen molar-refractivity contribution in [2.45, 2.75) is 37.4 Å². The number of fused-ring (bicyclic) bond motifs is 1. The van der Waals surface area contributed by atoms with Crippen LogP contribution in [0.1, 0.15) is 32.1 Å². The van der Waals surface area contributed by atoms with Gasteiger partial charge in [-0.2, -0.15) is 0 Å². The first kappa shape index (κ1) is 14.2. The summed E-state index contributed by atoms with van der Waals surface area (Å²) in [7, 11) is -3.37. The van der Waals surface area contributed by atoms with Crippen molar-refractivity contribution >= 4 is 26.5 Å². The lowest BCUT2D eigenvalue weighted by Gasteiger charge is -2.23. The van der Waals surface area contributed by atoms with Gasteiger partial charge in [0.15, 0.2) is 0 Å². The van der Waals surface area contributed by atoms with Crippen LogP contribution in [0.3, 0.4) is 0 Å². The molecule has 0 unspecified atom stereocenters. The second-order valence-electron chi connectivity index (χ2n) is 5.58. The van der Waals surface area contributed by atoms with Crippen LogP contribution < -0.4 is 4.72 Å². The van der Waals surface area contributed by atoms with Crippen LogP contribution in [0.25, 0.3) is 10.8 Å². The van der Waals surface area contributed by atoms with Crippen LogP contribution >= 0.6 is 0 Å². The Morgan fingerprint density at radius 3 is 2.38 bits per heavy atom. The largest absolute Gasteiger partial charge is 0.507 e. The molecule has 4 nitrogen and oxygen atoms in total. The van der Waals surface area contributed by atoms with Crippen molar-refractivity contribution in [1.82, 2.24) is 0 Å². The molecule has 0 heterocycles. The number of phenols is 1. The minimum atomic E-state index is -3.37. The summed E-state index contributed by atoms with van der Waals surface area (Å²) in [5, 5.41) is 10.9. The summed E-state index contributed by atoms with van der Waals surface area (Å²) in [5.74, 6) is 0.159. The fraction of sp³-hybridized carbons (Fsp3) is 0.375. The van der Waals surface area contributed by atoms with Crippen LogP contribution in [-0.4, -0.2) is 18.8 Å². The van der Waals surface area contributed by atoms with Crippen molar-refractivity contribution in [3.8, 4) is 5.75 Å². The van der Waals surface area contributed by atoms with Crippen molar-refractivity contribution in [1.29, 1.82) is 0 Å². The maximum Gasteiger partial charge on any atom is 0.235 e. The quantitative estimate of drug-likeness (QED) is 0.910. The molecule has 0 spiro atoms. The number of benzene rings is 2. The first-order chi connectivity index (χ1) is 10.1. The molecule has 3 rings (SSSR count). The van der Waals surface area contributed by atoms with E-state index >= 15 is 0 Å². The Bertz CT molecular complexity index is 749. The van der Waals surface area contributed by atoms with Crippen LogP contribution in [0, 0.1) is 0 Å². The lowest BCUT2D eigenvalue weighted by Crippen LogP contribution is -2.29. The smallest absolute Gasteiger partial charge is 0.235 e. The van der Waals surface area contributed by atoms with Gasteiger partial charge in [-0.15, -0.1) is 0 Å². The average Bonchev–Trinajstić information content (AvgIpc) is 2.49. The second kappa shape index (κ2) is 5.56. The zero-order valence-electron chi connectivity index (χ0n) is 11.7. The van der Waals surface area contributed by atoms with Gasteiger partial charge in [0.2, 0.25) is 10.0 Å². The Labute approximate surface area is 124 Å². The predicted octanol–water partition coefficient (Wildman–Crippen LogP) is 3.62. The zero-order valence-corrected chi connectivity index (χ0v) is 12.6. The van der Waals surface area contributed by atoms with Gasteiger partial charge in [0.1, 0.15) is 5.75 Å². The number of aromatic hydroxyl groups is 1. The molecule has 1 saturated carbocycles. The third-order valence-electron chi connectivity index (χ3n) is 4.14. The molecular formula is C16H19NO3S. The van der Waals surface area contributed by atoms with Crippen molar-refractivity contribution in [3.05, 3.63) is 36.4 Å². The Balaban J connectivity index is 1.96. The number of sulfonamides is 1. The highest BCUT2D eigenvalue weighted by Crippen LogP contribution is 2.32. The van der Waals surface area contributed by atoms with E-state index in [-0.39, 0.29) is 11.0 Å². The molecular weight excluding hydrogens is 286 g/mol. The van der Waals surface area contributed by atoms with Gasteiger partial charge in [-0.1, -0.05) is 43.5 Å². The van der Waals surface area contributed by atoms with Gasteiger partial charge in [-0.05, 0) is 25.0 Å². The molecule has 0 amide bonds. The topological polar surface area (TPSA) is 66.4 Å². The molecule has 0 atom stereocenters. The fourth-order valence-electron chi connectivity index (χ4n) is 2.99. The molecule has 0 radical (unpaired) electrons. The predicted molar refractivity (Wildman–Crippen MR) is 85.0 cm³/mol. The van der Waals surface area contributed by atoms with Gasteiger partial charge >= 0.3 is 0 Å². The number of anilines is 1. The fourth-order valence-corrected chi connectivity index (χ4v) is 4.60. The minimum absolute atomic E-state index is 0.159. The molecule has 2 N–H and O–H groups in total. The van der Waals surface area contributed by atoms with E-state index in [1.807, 2.05) is 6.07 Å². The van der Waals surface area contributed by atoms with Crippen molar-refractivity contribution in [2.75, 3.05) is 4.72 Å². The van der Waals surface area contributed by atoms with Crippen molar-refractivity contribution in [3.63, 3.8) is 0 Å². The third-order valence-corrected chi connectivity index (χ3v) is 6.00. The number of hydrogen-bond acceptors (Lipinski definition) is 3. The van der Waals surface area contributed by atoms with E-state index in [9.17, 15) is 13.5 Å². The van der Waals surface area contributed by atoms with E-state index in [2.05, 4.69) is 4.72 Å². The number of rotatable bonds is 3. The second-order valence-corrected chi connectivity index (χ2v) is 7.55. The van der Waals surface area contributed by atoms with Gasteiger partial charge < -0.3 is 5.11 Å². The molecule has 0 bridgehead atoms. The van der Waals surface area contributed by atoms with Gasteiger partial charge in [0.05, 0.1) is 10.9 Å². The number of phenolic OH excluding ortho intramolecular Hbond substituents is 1. The Kier molecular flexibility index (Phi) is 3.76. The molecule has 5 heteroatoms. The van der Waals surface area contributed by atoms with Gasteiger partial charge in [-0.3, -0.25) is 4.72 Å². The SMILES string of the molecule is O=S(=O)(Nc1cccc2c(O)cccc12)C1CCCCC1. The van der Waals surface area contributed by atoms with E-state index in [4.69, 9.17) is 0 Å². The van der Waals surface area contributed by atoms with Crippen LogP contribution in [0.2, 0.25) is 0 Å². The molecule has 112 valence electrons. The van der Waals surface area contributed by atoms with E-state index in [1.54, 1.807) is 30.3 Å². The maximum absolute atomic E-state index is 12.5. The molecule has 1 fully saturated rings. The molecule has 0 aromatic heterocycles. The van der Waals surface area contributed by atoms with Crippen LogP contribution in [0.4, 0.5) is 5.69 Å². The molecule has 1 aliphatic rings. The van der Waals surface area contributed by atoms with Crippen LogP contribution in [0.15, 0.2) is 36.4 Å². The van der Waals surface area contributed by atoms with Gasteiger partial charge in [0, 0.05) is 10.8 Å². The lowest BCUT2D eigenvalue weighted by molar-refractivity contribution is 0.481. The summed E-state index contributed by atoms with van der Waals surface area (Å²) < 4.78 is 27.7. The molecule has 2 aromatic rings. The van der Waals surface area contributed by atoms with Crippen molar-refractivity contribution < 1.29 is 13.5 Å². The van der Waals surface area contributed by atoms with E-state index in [1.165, 1.54) is 0 Å². The minimum Gasteiger partial charge on any atom is -0.507 e. The highest BCUT2D eigenvalue weighted by Gasteiger charge is 2.27. The van der Waals surface area contributed by atoms with Crippen molar-refractivity contribution in [2.24, 2.45) is 0 Å². The van der Waals surface area contributed by atoms with Crippen LogP contribution in [0.5, 0.6) is 5.75 Å². The summed E-state index contributed by atoms with van der Waals surface area (Å²) in [4.78, 5) is 0. The summed E-state index contributed by atoms with van der Waals surface area (Å²) in [5.41, 5.74) is 0.536. The summed E-state index contributed by atoms with van der Waals surface area (Å²) in [6.45, 7) is 0. The molecule has 21 heavy (non-hydrogen) atoms. The summed E-state index contributed by atoms with van der Waals surface area (Å²) >= 11 is 0. The molecule has 1 aliphatic carbocycles. The maximum atomic E-state index is 12.5. The highest BCUT2D eigenvalue weighted by molar-refractivity contribution is 7.93. The average molecular weight is 305 g/mol. The number of nitrogens with one attached hydrogen (secondary N) is 1. The Morgan fingerprint density at radius 2 is 1.62 bits per heavy atom. The first-order valence-electron chi connectivity index (χ1n) is 7.30. The third kappa shape index (κ3) is 2.83. The number of hydrogen-bond donors (Lipinski definition) is 2. The van der Waals surface area contributed by atoms with Gasteiger partial charge in [-0.25, -0.2) is 8.42 Å². The highest BCUT2D eigenvalue weighted by atomic mass is 32.2.